The molecule has 4 heteroatoms. The molecule has 0 saturated heterocycles. The number of carbonyl (C=O) groups excluding carboxylic acids is 1. The minimum atomic E-state index is -0.0132. The molecule has 0 spiro atoms. The molecule has 2 unspecified atom stereocenters. The van der Waals surface area contributed by atoms with E-state index < -0.39 is 0 Å². The first-order valence-electron chi connectivity index (χ1n) is 7.12. The number of nitrogens with one attached hydrogen (secondary N) is 1. The van der Waals surface area contributed by atoms with E-state index in [1.807, 2.05) is 6.92 Å². The Hall–Kier alpha value is -0.870. The Morgan fingerprint density at radius 1 is 1.47 bits per heavy atom. The summed E-state index contributed by atoms with van der Waals surface area (Å²) in [5, 5.41) is 7.97. The fourth-order valence-electron chi connectivity index (χ4n) is 2.67. The van der Waals surface area contributed by atoms with Crippen molar-refractivity contribution in [2.24, 2.45) is 5.92 Å². The first kappa shape index (κ1) is 14.5. The number of hydrogen-bond acceptors (Lipinski definition) is 4. The van der Waals surface area contributed by atoms with Crippen LogP contribution in [0.3, 0.4) is 0 Å². The zero-order chi connectivity index (χ0) is 13.7. The van der Waals surface area contributed by atoms with E-state index >= 15 is 0 Å². The van der Waals surface area contributed by atoms with Crippen molar-refractivity contribution in [1.82, 2.24) is 5.32 Å². The van der Waals surface area contributed by atoms with Gasteiger partial charge >= 0.3 is 5.97 Å². The van der Waals surface area contributed by atoms with Crippen LogP contribution in [0.5, 0.6) is 0 Å². The topological polar surface area (TPSA) is 38.3 Å². The number of carbonyl (C=O) groups is 1. The van der Waals surface area contributed by atoms with Crippen molar-refractivity contribution < 1.29 is 9.53 Å². The van der Waals surface area contributed by atoms with Crippen LogP contribution in [0.2, 0.25) is 0 Å². The monoisotopic (exact) mass is 281 g/mol. The number of thiophene rings is 1. The van der Waals surface area contributed by atoms with Crippen molar-refractivity contribution in [3.63, 3.8) is 0 Å². The van der Waals surface area contributed by atoms with Crippen molar-refractivity contribution in [2.75, 3.05) is 6.61 Å². The highest BCUT2D eigenvalue weighted by Crippen LogP contribution is 2.26. The van der Waals surface area contributed by atoms with Gasteiger partial charge in [0, 0.05) is 12.6 Å². The molecule has 1 heterocycles. The number of hydrogen-bond donors (Lipinski definition) is 1. The second-order valence-corrected chi connectivity index (χ2v) is 6.02. The molecule has 0 bridgehead atoms. The average molecular weight is 281 g/mol. The summed E-state index contributed by atoms with van der Waals surface area (Å²) in [6.07, 6.45) is 4.18. The van der Waals surface area contributed by atoms with E-state index in [1.165, 1.54) is 17.5 Å². The molecule has 3 nitrogen and oxygen atoms in total. The summed E-state index contributed by atoms with van der Waals surface area (Å²) in [6.45, 7) is 5.42. The highest BCUT2D eigenvalue weighted by molar-refractivity contribution is 7.08. The second kappa shape index (κ2) is 7.06. The van der Waals surface area contributed by atoms with Crippen LogP contribution in [0.4, 0.5) is 0 Å². The maximum Gasteiger partial charge on any atom is 0.308 e. The lowest BCUT2D eigenvalue weighted by atomic mass is 9.85. The van der Waals surface area contributed by atoms with E-state index in [4.69, 9.17) is 4.74 Å². The molecule has 1 aliphatic carbocycles. The predicted molar refractivity (Wildman–Crippen MR) is 78.3 cm³/mol. The molecule has 2 rings (SSSR count). The summed E-state index contributed by atoms with van der Waals surface area (Å²) in [4.78, 5) is 11.8. The van der Waals surface area contributed by atoms with Crippen LogP contribution in [0.15, 0.2) is 10.8 Å². The molecule has 19 heavy (non-hydrogen) atoms. The zero-order valence-corrected chi connectivity index (χ0v) is 12.6. The van der Waals surface area contributed by atoms with Crippen molar-refractivity contribution in [2.45, 2.75) is 52.1 Å². The Morgan fingerprint density at radius 2 is 2.32 bits per heavy atom. The molecule has 1 aromatic rings. The third-order valence-electron chi connectivity index (χ3n) is 3.84. The van der Waals surface area contributed by atoms with Gasteiger partial charge in [0.1, 0.15) is 0 Å². The van der Waals surface area contributed by atoms with Crippen molar-refractivity contribution in [3.05, 3.63) is 21.9 Å². The van der Waals surface area contributed by atoms with E-state index in [9.17, 15) is 4.79 Å². The van der Waals surface area contributed by atoms with Gasteiger partial charge in [-0.1, -0.05) is 6.42 Å². The Bertz CT molecular complexity index is 416. The lowest BCUT2D eigenvalue weighted by molar-refractivity contribution is -0.149. The van der Waals surface area contributed by atoms with Gasteiger partial charge in [-0.25, -0.2) is 0 Å². The fraction of sp³-hybridized carbons (Fsp3) is 0.667. The van der Waals surface area contributed by atoms with Gasteiger partial charge < -0.3 is 10.1 Å². The molecular formula is C15H23NO2S. The van der Waals surface area contributed by atoms with Gasteiger partial charge in [-0.2, -0.15) is 11.3 Å². The average Bonchev–Trinajstić information content (AvgIpc) is 2.82. The Kier molecular flexibility index (Phi) is 5.40. The summed E-state index contributed by atoms with van der Waals surface area (Å²) in [5.41, 5.74) is 2.73. The van der Waals surface area contributed by atoms with Crippen LogP contribution in [0, 0.1) is 12.8 Å². The highest BCUT2D eigenvalue weighted by Gasteiger charge is 2.27. The van der Waals surface area contributed by atoms with Gasteiger partial charge in [0.15, 0.2) is 0 Å². The molecule has 2 atom stereocenters. The fourth-order valence-corrected chi connectivity index (χ4v) is 3.53. The largest absolute Gasteiger partial charge is 0.466 e. The van der Waals surface area contributed by atoms with Gasteiger partial charge in [0.05, 0.1) is 12.5 Å². The van der Waals surface area contributed by atoms with E-state index in [0.717, 1.165) is 25.8 Å². The molecule has 0 aliphatic heterocycles. The van der Waals surface area contributed by atoms with Crippen molar-refractivity contribution in [1.29, 1.82) is 0 Å². The zero-order valence-electron chi connectivity index (χ0n) is 11.8. The third kappa shape index (κ3) is 4.05. The maximum atomic E-state index is 11.8. The third-order valence-corrected chi connectivity index (χ3v) is 4.75. The molecule has 1 aliphatic rings. The Balaban J connectivity index is 1.81. The van der Waals surface area contributed by atoms with Crippen LogP contribution in [-0.2, 0) is 16.1 Å². The Morgan fingerprint density at radius 3 is 3.00 bits per heavy atom. The minimum Gasteiger partial charge on any atom is -0.466 e. The standard InChI is InChI=1S/C15H23NO2S/c1-3-18-15(17)12-5-4-6-14(7-12)16-8-13-10-19-9-11(13)2/h9-10,12,14,16H,3-8H2,1-2H3. The van der Waals surface area contributed by atoms with E-state index in [0.29, 0.717) is 12.6 Å². The molecular weight excluding hydrogens is 258 g/mol. The van der Waals surface area contributed by atoms with Crippen LogP contribution in [0.25, 0.3) is 0 Å². The van der Waals surface area contributed by atoms with E-state index in [1.54, 1.807) is 11.3 Å². The first-order valence-corrected chi connectivity index (χ1v) is 8.06. The molecule has 1 fully saturated rings. The van der Waals surface area contributed by atoms with Gasteiger partial charge in [-0.3, -0.25) is 4.79 Å². The first-order chi connectivity index (χ1) is 9.20. The van der Waals surface area contributed by atoms with Crippen molar-refractivity contribution >= 4 is 17.3 Å². The van der Waals surface area contributed by atoms with E-state index in [-0.39, 0.29) is 11.9 Å². The van der Waals surface area contributed by atoms with E-state index in [2.05, 4.69) is 23.0 Å². The number of esters is 1. The lowest BCUT2D eigenvalue weighted by Crippen LogP contribution is -2.36. The van der Waals surface area contributed by atoms with Gasteiger partial charge in [0.25, 0.3) is 0 Å². The number of aryl methyl sites for hydroxylation is 1. The molecule has 1 aromatic heterocycles. The summed E-state index contributed by atoms with van der Waals surface area (Å²) < 4.78 is 5.13. The van der Waals surface area contributed by atoms with Crippen molar-refractivity contribution in [3.8, 4) is 0 Å². The second-order valence-electron chi connectivity index (χ2n) is 5.27. The SMILES string of the molecule is CCOC(=O)C1CCCC(NCc2cscc2C)C1. The summed E-state index contributed by atoms with van der Waals surface area (Å²) in [6, 6.07) is 0.447. The summed E-state index contributed by atoms with van der Waals surface area (Å²) in [5.74, 6) is 0.0792. The number of ether oxygens (including phenoxy) is 1. The lowest BCUT2D eigenvalue weighted by Gasteiger charge is -2.28. The van der Waals surface area contributed by atoms with Crippen LogP contribution >= 0.6 is 11.3 Å². The van der Waals surface area contributed by atoms with Gasteiger partial charge in [-0.05, 0) is 55.0 Å². The van der Waals surface area contributed by atoms with Crippen LogP contribution in [0.1, 0.15) is 43.7 Å². The molecule has 1 N–H and O–H groups in total. The molecule has 0 radical (unpaired) electrons. The molecule has 1 saturated carbocycles. The summed E-state index contributed by atoms with van der Waals surface area (Å²) >= 11 is 1.75. The minimum absolute atomic E-state index is 0.0132. The van der Waals surface area contributed by atoms with Gasteiger partial charge in [0.2, 0.25) is 0 Å². The van der Waals surface area contributed by atoms with Gasteiger partial charge in [-0.15, -0.1) is 0 Å². The van der Waals surface area contributed by atoms with Crippen LogP contribution < -0.4 is 5.32 Å². The molecule has 106 valence electrons. The normalized spacial score (nSPS) is 23.3. The maximum absolute atomic E-state index is 11.8. The number of rotatable bonds is 5. The highest BCUT2D eigenvalue weighted by atomic mass is 32.1. The Labute approximate surface area is 119 Å². The predicted octanol–water partition coefficient (Wildman–Crippen LogP) is 3.27. The quantitative estimate of drug-likeness (QED) is 0.842. The molecule has 0 aromatic carbocycles. The van der Waals surface area contributed by atoms with Crippen LogP contribution in [-0.4, -0.2) is 18.6 Å². The summed E-state index contributed by atoms with van der Waals surface area (Å²) in [7, 11) is 0. The smallest absolute Gasteiger partial charge is 0.308 e. The molecule has 0 amide bonds.